The van der Waals surface area contributed by atoms with E-state index in [-0.39, 0.29) is 0 Å². The molecule has 1 aliphatic rings. The lowest BCUT2D eigenvalue weighted by molar-refractivity contribution is 0.371. The van der Waals surface area contributed by atoms with Crippen molar-refractivity contribution in [3.8, 4) is 0 Å². The lowest BCUT2D eigenvalue weighted by atomic mass is 10.3. The fourth-order valence-electron chi connectivity index (χ4n) is 1.70. The van der Waals surface area contributed by atoms with Crippen molar-refractivity contribution in [2.75, 3.05) is 6.54 Å². The first-order valence-electron chi connectivity index (χ1n) is 5.97. The fraction of sp³-hybridized carbons (Fsp3) is 0.500. The van der Waals surface area contributed by atoms with E-state index in [0.717, 1.165) is 37.1 Å². The van der Waals surface area contributed by atoms with Crippen LogP contribution in [0.15, 0.2) is 22.0 Å². The van der Waals surface area contributed by atoms with E-state index in [4.69, 9.17) is 4.52 Å². The minimum absolute atomic E-state index is 0.739. The lowest BCUT2D eigenvalue weighted by Crippen LogP contribution is -2.19. The smallest absolute Gasteiger partial charge is 0.227 e. The molecule has 90 valence electrons. The van der Waals surface area contributed by atoms with Crippen molar-refractivity contribution < 1.29 is 4.52 Å². The van der Waals surface area contributed by atoms with Crippen molar-refractivity contribution in [1.29, 1.82) is 0 Å². The minimum Gasteiger partial charge on any atom is -0.339 e. The minimum atomic E-state index is 0.739. The topological polar surface area (TPSA) is 51.0 Å². The van der Waals surface area contributed by atoms with E-state index in [1.807, 2.05) is 6.07 Å². The molecule has 0 aromatic carbocycles. The summed E-state index contributed by atoms with van der Waals surface area (Å²) in [4.78, 5) is 5.66. The molecule has 2 aromatic heterocycles. The Morgan fingerprint density at radius 2 is 2.41 bits per heavy atom. The molecule has 2 heterocycles. The van der Waals surface area contributed by atoms with E-state index in [0.29, 0.717) is 0 Å². The second-order valence-corrected chi connectivity index (χ2v) is 5.37. The number of thiophene rings is 1. The Balaban J connectivity index is 1.50. The van der Waals surface area contributed by atoms with E-state index in [1.165, 1.54) is 17.7 Å². The lowest BCUT2D eigenvalue weighted by Gasteiger charge is -1.97. The van der Waals surface area contributed by atoms with E-state index in [2.05, 4.69) is 26.9 Å². The maximum atomic E-state index is 5.22. The van der Waals surface area contributed by atoms with Crippen LogP contribution in [-0.4, -0.2) is 22.7 Å². The van der Waals surface area contributed by atoms with E-state index < -0.39 is 0 Å². The third-order valence-electron chi connectivity index (χ3n) is 2.77. The van der Waals surface area contributed by atoms with Gasteiger partial charge >= 0.3 is 0 Å². The van der Waals surface area contributed by atoms with Crippen LogP contribution in [0.5, 0.6) is 0 Å². The van der Waals surface area contributed by atoms with Gasteiger partial charge in [0.1, 0.15) is 0 Å². The summed E-state index contributed by atoms with van der Waals surface area (Å²) < 4.78 is 5.22. The fourth-order valence-corrected chi connectivity index (χ4v) is 2.40. The van der Waals surface area contributed by atoms with Gasteiger partial charge in [0, 0.05) is 30.3 Å². The van der Waals surface area contributed by atoms with Crippen LogP contribution in [0.25, 0.3) is 0 Å². The molecule has 0 spiro atoms. The molecule has 1 aliphatic carbocycles. The quantitative estimate of drug-likeness (QED) is 0.851. The highest BCUT2D eigenvalue weighted by Crippen LogP contribution is 2.18. The Hall–Kier alpha value is -1.20. The molecule has 1 saturated carbocycles. The molecular formula is C12H15N3OS. The zero-order valence-electron chi connectivity index (χ0n) is 9.56. The van der Waals surface area contributed by atoms with Crippen LogP contribution in [0.4, 0.5) is 0 Å². The number of hydrogen-bond acceptors (Lipinski definition) is 5. The van der Waals surface area contributed by atoms with Crippen molar-refractivity contribution in [2.45, 2.75) is 31.7 Å². The number of hydrogen-bond donors (Lipinski definition) is 1. The second-order valence-electron chi connectivity index (χ2n) is 4.34. The highest BCUT2D eigenvalue weighted by Gasteiger charge is 2.20. The molecule has 0 aliphatic heterocycles. The van der Waals surface area contributed by atoms with Crippen LogP contribution in [0.3, 0.4) is 0 Å². The SMILES string of the molecule is c1csc(Cc2noc(CCNC3CC3)n2)c1. The van der Waals surface area contributed by atoms with Crippen molar-refractivity contribution in [3.05, 3.63) is 34.1 Å². The van der Waals surface area contributed by atoms with Gasteiger partial charge in [0.05, 0.1) is 0 Å². The summed E-state index contributed by atoms with van der Waals surface area (Å²) in [6.07, 6.45) is 4.23. The predicted octanol–water partition coefficient (Wildman–Crippen LogP) is 2.02. The number of rotatable bonds is 6. The summed E-state index contributed by atoms with van der Waals surface area (Å²) in [7, 11) is 0. The van der Waals surface area contributed by atoms with Crippen molar-refractivity contribution in [1.82, 2.24) is 15.5 Å². The zero-order valence-corrected chi connectivity index (χ0v) is 10.4. The largest absolute Gasteiger partial charge is 0.339 e. The summed E-state index contributed by atoms with van der Waals surface area (Å²) in [5.41, 5.74) is 0. The summed E-state index contributed by atoms with van der Waals surface area (Å²) in [5.74, 6) is 1.53. The molecule has 17 heavy (non-hydrogen) atoms. The van der Waals surface area contributed by atoms with Gasteiger partial charge in [0.25, 0.3) is 0 Å². The van der Waals surface area contributed by atoms with Crippen LogP contribution in [0.1, 0.15) is 29.4 Å². The van der Waals surface area contributed by atoms with Crippen molar-refractivity contribution >= 4 is 11.3 Å². The molecule has 0 saturated heterocycles. The van der Waals surface area contributed by atoms with Gasteiger partial charge in [-0.1, -0.05) is 11.2 Å². The third kappa shape index (κ3) is 3.14. The van der Waals surface area contributed by atoms with Crippen LogP contribution >= 0.6 is 11.3 Å². The van der Waals surface area contributed by atoms with E-state index in [9.17, 15) is 0 Å². The van der Waals surface area contributed by atoms with Gasteiger partial charge in [-0.3, -0.25) is 0 Å². The van der Waals surface area contributed by atoms with Crippen LogP contribution in [0, 0.1) is 0 Å². The highest BCUT2D eigenvalue weighted by atomic mass is 32.1. The molecule has 4 nitrogen and oxygen atoms in total. The molecule has 3 rings (SSSR count). The molecule has 0 amide bonds. The third-order valence-corrected chi connectivity index (χ3v) is 3.65. The summed E-state index contributed by atoms with van der Waals surface area (Å²) in [6, 6.07) is 4.87. The summed E-state index contributed by atoms with van der Waals surface area (Å²) >= 11 is 1.72. The van der Waals surface area contributed by atoms with Gasteiger partial charge in [0.15, 0.2) is 5.82 Å². The summed E-state index contributed by atoms with van der Waals surface area (Å²) in [5, 5.41) is 9.50. The van der Waals surface area contributed by atoms with Crippen LogP contribution in [0.2, 0.25) is 0 Å². The zero-order chi connectivity index (χ0) is 11.5. The van der Waals surface area contributed by atoms with Crippen LogP contribution < -0.4 is 5.32 Å². The standard InChI is InChI=1S/C12H15N3OS/c1-2-10(17-7-1)8-11-14-12(16-15-11)5-6-13-9-3-4-9/h1-2,7,9,13H,3-6,8H2. The Labute approximate surface area is 104 Å². The Kier molecular flexibility index (Phi) is 3.20. The van der Waals surface area contributed by atoms with Gasteiger partial charge < -0.3 is 9.84 Å². The maximum Gasteiger partial charge on any atom is 0.227 e. The summed E-state index contributed by atoms with van der Waals surface area (Å²) in [6.45, 7) is 0.936. The first kappa shape index (κ1) is 10.9. The molecule has 0 unspecified atom stereocenters. The van der Waals surface area contributed by atoms with Gasteiger partial charge in [0.2, 0.25) is 5.89 Å². The molecule has 1 N–H and O–H groups in total. The van der Waals surface area contributed by atoms with Crippen molar-refractivity contribution in [3.63, 3.8) is 0 Å². The number of nitrogens with one attached hydrogen (secondary N) is 1. The number of aromatic nitrogens is 2. The highest BCUT2D eigenvalue weighted by molar-refractivity contribution is 7.09. The Morgan fingerprint density at radius 3 is 3.18 bits per heavy atom. The Morgan fingerprint density at radius 1 is 1.47 bits per heavy atom. The van der Waals surface area contributed by atoms with Crippen LogP contribution in [-0.2, 0) is 12.8 Å². The van der Waals surface area contributed by atoms with E-state index >= 15 is 0 Å². The second kappa shape index (κ2) is 4.98. The van der Waals surface area contributed by atoms with E-state index in [1.54, 1.807) is 11.3 Å². The van der Waals surface area contributed by atoms with Gasteiger partial charge in [-0.25, -0.2) is 0 Å². The first-order chi connectivity index (χ1) is 8.40. The molecule has 0 bridgehead atoms. The predicted molar refractivity (Wildman–Crippen MR) is 66.2 cm³/mol. The molecule has 2 aromatic rings. The molecule has 0 atom stereocenters. The average molecular weight is 249 g/mol. The molecule has 1 fully saturated rings. The van der Waals surface area contributed by atoms with Gasteiger partial charge in [-0.2, -0.15) is 4.98 Å². The average Bonchev–Trinajstić information content (AvgIpc) is 2.83. The Bertz CT molecular complexity index is 462. The molecule has 5 heteroatoms. The van der Waals surface area contributed by atoms with Crippen molar-refractivity contribution in [2.24, 2.45) is 0 Å². The first-order valence-corrected chi connectivity index (χ1v) is 6.85. The maximum absolute atomic E-state index is 5.22. The molecular weight excluding hydrogens is 234 g/mol. The van der Waals surface area contributed by atoms with Gasteiger partial charge in [-0.15, -0.1) is 11.3 Å². The monoisotopic (exact) mass is 249 g/mol. The number of nitrogens with zero attached hydrogens (tertiary/aromatic N) is 2. The molecule has 0 radical (unpaired) electrons. The normalized spacial score (nSPS) is 15.3. The van der Waals surface area contributed by atoms with Gasteiger partial charge in [-0.05, 0) is 24.3 Å².